The van der Waals surface area contributed by atoms with E-state index in [9.17, 15) is 9.59 Å². The average molecular weight is 480 g/mol. The third-order valence-corrected chi connectivity index (χ3v) is 5.71. The predicted octanol–water partition coefficient (Wildman–Crippen LogP) is 2.83. The Labute approximate surface area is 205 Å². The molecule has 8 heteroatoms. The summed E-state index contributed by atoms with van der Waals surface area (Å²) < 4.78 is 0. The second kappa shape index (κ2) is 12.2. The maximum atomic E-state index is 13.3. The number of halogens is 1. The first-order valence-corrected chi connectivity index (χ1v) is 11.4. The summed E-state index contributed by atoms with van der Waals surface area (Å²) in [5.74, 6) is -0.0955. The van der Waals surface area contributed by atoms with Crippen LogP contribution in [0.25, 0.3) is 0 Å². The highest BCUT2D eigenvalue weighted by atomic mass is 35.5. The van der Waals surface area contributed by atoms with Crippen LogP contribution >= 0.6 is 11.6 Å². The second-order valence-corrected chi connectivity index (χ2v) is 8.81. The van der Waals surface area contributed by atoms with Crippen molar-refractivity contribution >= 4 is 29.2 Å². The second-order valence-electron chi connectivity index (χ2n) is 8.37. The van der Waals surface area contributed by atoms with Crippen LogP contribution in [-0.2, 0) is 29.0 Å². The van der Waals surface area contributed by atoms with E-state index in [-0.39, 0.29) is 18.4 Å². The Hall–Kier alpha value is -3.42. The van der Waals surface area contributed by atoms with Crippen molar-refractivity contribution in [1.29, 1.82) is 0 Å². The average Bonchev–Trinajstić information content (AvgIpc) is 2.82. The molecule has 1 aromatic heterocycles. The van der Waals surface area contributed by atoms with E-state index in [2.05, 4.69) is 15.6 Å². The lowest BCUT2D eigenvalue weighted by molar-refractivity contribution is -0.131. The van der Waals surface area contributed by atoms with Crippen molar-refractivity contribution in [2.45, 2.75) is 31.5 Å². The standard InChI is InChI=1S/C26H30ClN5O2/c1-32(2)23(15-18-7-4-3-5-8-18)26(34)31-22(14-19-9-6-10-21(27)13-19)25(33)30-17-20-11-12-24(28)29-16-20/h3-13,16,22-23H,14-15,17H2,1-2H3,(H2,28,29)(H,30,33)(H,31,34)/t22-,23?/m0/s1. The number of aromatic nitrogens is 1. The lowest BCUT2D eigenvalue weighted by Gasteiger charge is -2.26. The third-order valence-electron chi connectivity index (χ3n) is 5.47. The molecule has 1 heterocycles. The minimum atomic E-state index is -0.772. The van der Waals surface area contributed by atoms with Crippen molar-refractivity contribution in [3.63, 3.8) is 0 Å². The van der Waals surface area contributed by atoms with Gasteiger partial charge in [0, 0.05) is 24.2 Å². The zero-order chi connectivity index (χ0) is 24.5. The number of hydrogen-bond donors (Lipinski definition) is 3. The Morgan fingerprint density at radius 2 is 1.68 bits per heavy atom. The van der Waals surface area contributed by atoms with E-state index in [1.165, 1.54) is 0 Å². The molecule has 3 aromatic rings. The molecule has 34 heavy (non-hydrogen) atoms. The van der Waals surface area contributed by atoms with Crippen LogP contribution in [0.15, 0.2) is 72.9 Å². The first-order valence-electron chi connectivity index (χ1n) is 11.0. The number of pyridine rings is 1. The van der Waals surface area contributed by atoms with Crippen molar-refractivity contribution in [3.05, 3.63) is 94.6 Å². The molecule has 0 saturated heterocycles. The van der Waals surface area contributed by atoms with E-state index < -0.39 is 12.1 Å². The van der Waals surface area contributed by atoms with E-state index in [0.717, 1.165) is 16.7 Å². The van der Waals surface area contributed by atoms with E-state index in [1.807, 2.05) is 61.5 Å². The number of carbonyl (C=O) groups excluding carboxylic acids is 2. The van der Waals surface area contributed by atoms with Crippen LogP contribution in [0.2, 0.25) is 5.02 Å². The number of hydrogen-bond acceptors (Lipinski definition) is 5. The van der Waals surface area contributed by atoms with Crippen molar-refractivity contribution in [2.24, 2.45) is 0 Å². The molecule has 0 radical (unpaired) electrons. The molecule has 4 N–H and O–H groups in total. The molecule has 0 saturated carbocycles. The number of amides is 2. The predicted molar refractivity (Wildman–Crippen MR) is 135 cm³/mol. The first-order chi connectivity index (χ1) is 16.3. The molecule has 3 rings (SSSR count). The number of benzene rings is 2. The van der Waals surface area contributed by atoms with Gasteiger partial charge in [-0.2, -0.15) is 0 Å². The molecule has 0 fully saturated rings. The molecule has 2 atom stereocenters. The van der Waals surface area contributed by atoms with Crippen LogP contribution in [0.3, 0.4) is 0 Å². The quantitative estimate of drug-likeness (QED) is 0.415. The number of nitrogens with zero attached hydrogens (tertiary/aromatic N) is 2. The Morgan fingerprint density at radius 1 is 0.941 bits per heavy atom. The summed E-state index contributed by atoms with van der Waals surface area (Å²) in [6, 6.07) is 19.4. The van der Waals surface area contributed by atoms with Gasteiger partial charge in [0.15, 0.2) is 0 Å². The molecule has 0 aliphatic carbocycles. The van der Waals surface area contributed by atoms with E-state index >= 15 is 0 Å². The van der Waals surface area contributed by atoms with Crippen LogP contribution in [0, 0.1) is 0 Å². The maximum Gasteiger partial charge on any atom is 0.243 e. The van der Waals surface area contributed by atoms with Gasteiger partial charge in [0.05, 0.1) is 6.04 Å². The number of likely N-dealkylation sites (N-methyl/N-ethyl adjacent to an activating group) is 1. The SMILES string of the molecule is CN(C)C(Cc1ccccc1)C(=O)N[C@@H](Cc1cccc(Cl)c1)C(=O)NCc1ccc(N)nc1. The van der Waals surface area contributed by atoms with Gasteiger partial charge in [-0.25, -0.2) is 4.98 Å². The van der Waals surface area contributed by atoms with Crippen molar-refractivity contribution < 1.29 is 9.59 Å². The van der Waals surface area contributed by atoms with Gasteiger partial charge in [0.2, 0.25) is 11.8 Å². The molecule has 0 aliphatic heterocycles. The fourth-order valence-electron chi connectivity index (χ4n) is 3.58. The maximum absolute atomic E-state index is 13.3. The normalized spacial score (nSPS) is 12.7. The van der Waals surface area contributed by atoms with Gasteiger partial charge in [-0.3, -0.25) is 14.5 Å². The number of nitrogens with one attached hydrogen (secondary N) is 2. The molecular formula is C26H30ClN5O2. The minimum Gasteiger partial charge on any atom is -0.384 e. The lowest BCUT2D eigenvalue weighted by atomic mass is 10.0. The number of nitrogen functional groups attached to an aromatic ring is 1. The number of rotatable bonds is 10. The monoisotopic (exact) mass is 479 g/mol. The number of carbonyl (C=O) groups is 2. The molecule has 1 unspecified atom stereocenters. The summed E-state index contributed by atoms with van der Waals surface area (Å²) in [4.78, 5) is 32.3. The van der Waals surface area contributed by atoms with Gasteiger partial charge in [0.25, 0.3) is 0 Å². The summed E-state index contributed by atoms with van der Waals surface area (Å²) in [7, 11) is 3.71. The van der Waals surface area contributed by atoms with Crippen molar-refractivity contribution in [2.75, 3.05) is 19.8 Å². The van der Waals surface area contributed by atoms with Crippen LogP contribution in [-0.4, -0.2) is 47.9 Å². The molecule has 0 aliphatic rings. The van der Waals surface area contributed by atoms with E-state index in [4.69, 9.17) is 17.3 Å². The van der Waals surface area contributed by atoms with Crippen LogP contribution in [0.4, 0.5) is 5.82 Å². The Balaban J connectivity index is 1.74. The topological polar surface area (TPSA) is 100 Å². The van der Waals surface area contributed by atoms with Crippen LogP contribution in [0.1, 0.15) is 16.7 Å². The largest absolute Gasteiger partial charge is 0.384 e. The highest BCUT2D eigenvalue weighted by Gasteiger charge is 2.27. The highest BCUT2D eigenvalue weighted by molar-refractivity contribution is 6.30. The molecular weight excluding hydrogens is 450 g/mol. The zero-order valence-corrected chi connectivity index (χ0v) is 20.1. The van der Waals surface area contributed by atoms with Crippen molar-refractivity contribution in [1.82, 2.24) is 20.5 Å². The molecule has 2 amide bonds. The smallest absolute Gasteiger partial charge is 0.243 e. The van der Waals surface area contributed by atoms with Crippen molar-refractivity contribution in [3.8, 4) is 0 Å². The summed E-state index contributed by atoms with van der Waals surface area (Å²) in [5.41, 5.74) is 8.34. The van der Waals surface area contributed by atoms with E-state index in [0.29, 0.717) is 23.7 Å². The molecule has 7 nitrogen and oxygen atoms in total. The number of anilines is 1. The summed E-state index contributed by atoms with van der Waals surface area (Å²) in [6.07, 6.45) is 2.45. The minimum absolute atomic E-state index is 0.217. The summed E-state index contributed by atoms with van der Waals surface area (Å²) in [5, 5.41) is 6.43. The lowest BCUT2D eigenvalue weighted by Crippen LogP contribution is -2.53. The van der Waals surface area contributed by atoms with Gasteiger partial charge < -0.3 is 16.4 Å². The van der Waals surface area contributed by atoms with Crippen LogP contribution < -0.4 is 16.4 Å². The van der Waals surface area contributed by atoms with Gasteiger partial charge in [0.1, 0.15) is 11.9 Å². The van der Waals surface area contributed by atoms with Gasteiger partial charge in [-0.05, 0) is 55.4 Å². The van der Waals surface area contributed by atoms with E-state index in [1.54, 1.807) is 30.5 Å². The third kappa shape index (κ3) is 7.57. The highest BCUT2D eigenvalue weighted by Crippen LogP contribution is 2.14. The first kappa shape index (κ1) is 25.2. The summed E-state index contributed by atoms with van der Waals surface area (Å²) >= 11 is 6.14. The Bertz CT molecular complexity index is 1090. The van der Waals surface area contributed by atoms with Gasteiger partial charge in [-0.15, -0.1) is 0 Å². The zero-order valence-electron chi connectivity index (χ0n) is 19.4. The summed E-state index contributed by atoms with van der Waals surface area (Å²) in [6.45, 7) is 0.273. The Morgan fingerprint density at radius 3 is 2.32 bits per heavy atom. The molecule has 0 spiro atoms. The van der Waals surface area contributed by atoms with Crippen LogP contribution in [0.5, 0.6) is 0 Å². The van der Waals surface area contributed by atoms with Gasteiger partial charge in [-0.1, -0.05) is 60.1 Å². The molecule has 2 aromatic carbocycles. The Kier molecular flexibility index (Phi) is 9.01. The number of nitrogens with two attached hydrogens (primary N) is 1. The fraction of sp³-hybridized carbons (Fsp3) is 0.269. The molecule has 0 bridgehead atoms. The van der Waals surface area contributed by atoms with Gasteiger partial charge >= 0.3 is 0 Å². The molecule has 178 valence electrons. The fourth-order valence-corrected chi connectivity index (χ4v) is 3.79.